The van der Waals surface area contributed by atoms with Crippen molar-refractivity contribution >= 4 is 29.1 Å². The molecule has 174 valence electrons. The molecule has 7 heteroatoms. The summed E-state index contributed by atoms with van der Waals surface area (Å²) in [5, 5.41) is 8.60. The summed E-state index contributed by atoms with van der Waals surface area (Å²) in [6.45, 7) is -0.311. The first-order valence-electron chi connectivity index (χ1n) is 11.4. The van der Waals surface area contributed by atoms with Crippen LogP contribution >= 0.6 is 0 Å². The van der Waals surface area contributed by atoms with E-state index in [1.165, 1.54) is 0 Å². The second kappa shape index (κ2) is 11.1. The molecule has 0 atom stereocenters. The molecule has 3 N–H and O–H groups in total. The SMILES string of the molecule is O=C(COc1ccccc1C(=O)Nc1ccccc1)Nc1ccccc1C(=O)NC1CCCC1. The first kappa shape index (κ1) is 23.0. The van der Waals surface area contributed by atoms with Gasteiger partial charge in [-0.3, -0.25) is 14.4 Å². The Labute approximate surface area is 198 Å². The lowest BCUT2D eigenvalue weighted by atomic mass is 10.1. The number of amides is 3. The van der Waals surface area contributed by atoms with Crippen molar-refractivity contribution in [2.75, 3.05) is 17.2 Å². The van der Waals surface area contributed by atoms with Crippen LogP contribution in [0.5, 0.6) is 5.75 Å². The Morgan fingerprint density at radius 3 is 2.15 bits per heavy atom. The van der Waals surface area contributed by atoms with E-state index in [1.807, 2.05) is 18.2 Å². The van der Waals surface area contributed by atoms with Crippen LogP contribution in [0.25, 0.3) is 0 Å². The Hall–Kier alpha value is -4.13. The molecule has 4 rings (SSSR count). The average molecular weight is 458 g/mol. The molecular weight excluding hydrogens is 430 g/mol. The maximum Gasteiger partial charge on any atom is 0.262 e. The molecule has 1 saturated carbocycles. The molecule has 0 saturated heterocycles. The smallest absolute Gasteiger partial charge is 0.262 e. The van der Waals surface area contributed by atoms with Crippen molar-refractivity contribution in [1.82, 2.24) is 5.32 Å². The molecule has 7 nitrogen and oxygen atoms in total. The van der Waals surface area contributed by atoms with E-state index in [1.54, 1.807) is 60.7 Å². The van der Waals surface area contributed by atoms with E-state index in [0.29, 0.717) is 28.3 Å². The van der Waals surface area contributed by atoms with Crippen molar-refractivity contribution in [3.05, 3.63) is 90.0 Å². The van der Waals surface area contributed by atoms with Gasteiger partial charge in [0, 0.05) is 11.7 Å². The number of para-hydroxylation sites is 3. The first-order chi connectivity index (χ1) is 16.6. The molecule has 0 heterocycles. The van der Waals surface area contributed by atoms with Gasteiger partial charge in [-0.2, -0.15) is 0 Å². The summed E-state index contributed by atoms with van der Waals surface area (Å²) in [5.74, 6) is -0.680. The molecule has 0 spiro atoms. The van der Waals surface area contributed by atoms with E-state index in [9.17, 15) is 14.4 Å². The largest absolute Gasteiger partial charge is 0.483 e. The summed E-state index contributed by atoms with van der Waals surface area (Å²) in [6.07, 6.45) is 4.19. The second-order valence-corrected chi connectivity index (χ2v) is 8.15. The number of carbonyl (C=O) groups excluding carboxylic acids is 3. The predicted octanol–water partition coefficient (Wildman–Crippen LogP) is 4.63. The summed E-state index contributed by atoms with van der Waals surface area (Å²) < 4.78 is 5.66. The molecule has 1 aliphatic carbocycles. The van der Waals surface area contributed by atoms with Crippen LogP contribution in [0.15, 0.2) is 78.9 Å². The molecule has 3 aromatic carbocycles. The fraction of sp³-hybridized carbons (Fsp3) is 0.222. The van der Waals surface area contributed by atoms with Crippen LogP contribution in [0.2, 0.25) is 0 Å². The van der Waals surface area contributed by atoms with Crippen LogP contribution in [0.3, 0.4) is 0 Å². The molecule has 1 fully saturated rings. The van der Waals surface area contributed by atoms with Crippen LogP contribution in [-0.4, -0.2) is 30.4 Å². The summed E-state index contributed by atoms with van der Waals surface area (Å²) in [4.78, 5) is 38.0. The molecule has 0 bridgehead atoms. The fourth-order valence-corrected chi connectivity index (χ4v) is 3.95. The Kier molecular flexibility index (Phi) is 7.55. The lowest BCUT2D eigenvalue weighted by Gasteiger charge is -2.15. The minimum atomic E-state index is -0.431. The van der Waals surface area contributed by atoms with Gasteiger partial charge in [0.05, 0.1) is 16.8 Å². The van der Waals surface area contributed by atoms with Gasteiger partial charge in [-0.25, -0.2) is 0 Å². The van der Waals surface area contributed by atoms with Crippen LogP contribution in [0.4, 0.5) is 11.4 Å². The zero-order chi connectivity index (χ0) is 23.8. The van der Waals surface area contributed by atoms with Gasteiger partial charge < -0.3 is 20.7 Å². The highest BCUT2D eigenvalue weighted by Gasteiger charge is 2.20. The van der Waals surface area contributed by atoms with Gasteiger partial charge in [-0.15, -0.1) is 0 Å². The predicted molar refractivity (Wildman–Crippen MR) is 131 cm³/mol. The monoisotopic (exact) mass is 457 g/mol. The minimum absolute atomic E-state index is 0.179. The van der Waals surface area contributed by atoms with E-state index in [4.69, 9.17) is 4.74 Å². The maximum absolute atomic E-state index is 12.7. The molecule has 0 aromatic heterocycles. The fourth-order valence-electron chi connectivity index (χ4n) is 3.95. The average Bonchev–Trinajstić information content (AvgIpc) is 3.37. The number of ether oxygens (including phenoxy) is 1. The van der Waals surface area contributed by atoms with Crippen LogP contribution in [0.1, 0.15) is 46.4 Å². The number of benzene rings is 3. The number of rotatable bonds is 8. The molecule has 3 aromatic rings. The third kappa shape index (κ3) is 6.01. The molecule has 0 unspecified atom stereocenters. The van der Waals surface area contributed by atoms with Gasteiger partial charge in [0.1, 0.15) is 5.75 Å². The lowest BCUT2D eigenvalue weighted by Crippen LogP contribution is -2.33. The molecule has 34 heavy (non-hydrogen) atoms. The Bertz CT molecular complexity index is 1160. The van der Waals surface area contributed by atoms with Crippen molar-refractivity contribution in [2.45, 2.75) is 31.7 Å². The van der Waals surface area contributed by atoms with Gasteiger partial charge in [0.15, 0.2) is 6.61 Å². The summed E-state index contributed by atoms with van der Waals surface area (Å²) in [7, 11) is 0. The van der Waals surface area contributed by atoms with E-state index >= 15 is 0 Å². The van der Waals surface area contributed by atoms with Gasteiger partial charge in [-0.05, 0) is 49.2 Å². The lowest BCUT2D eigenvalue weighted by molar-refractivity contribution is -0.118. The normalized spacial score (nSPS) is 13.2. The Balaban J connectivity index is 1.38. The van der Waals surface area contributed by atoms with Gasteiger partial charge in [-0.1, -0.05) is 55.3 Å². The minimum Gasteiger partial charge on any atom is -0.483 e. The number of hydrogen-bond donors (Lipinski definition) is 3. The first-order valence-corrected chi connectivity index (χ1v) is 11.4. The third-order valence-electron chi connectivity index (χ3n) is 5.66. The molecular formula is C27H27N3O4. The van der Waals surface area contributed by atoms with Crippen molar-refractivity contribution in [1.29, 1.82) is 0 Å². The Morgan fingerprint density at radius 1 is 0.735 bits per heavy atom. The third-order valence-corrected chi connectivity index (χ3v) is 5.66. The quantitative estimate of drug-likeness (QED) is 0.460. The maximum atomic E-state index is 12.7. The Morgan fingerprint density at radius 2 is 1.38 bits per heavy atom. The zero-order valence-corrected chi connectivity index (χ0v) is 18.8. The highest BCUT2D eigenvalue weighted by molar-refractivity contribution is 6.06. The summed E-state index contributed by atoms with van der Waals surface area (Å²) in [5.41, 5.74) is 1.80. The molecule has 0 aliphatic heterocycles. The van der Waals surface area contributed by atoms with Crippen LogP contribution in [-0.2, 0) is 4.79 Å². The van der Waals surface area contributed by atoms with Crippen molar-refractivity contribution < 1.29 is 19.1 Å². The zero-order valence-electron chi connectivity index (χ0n) is 18.8. The van der Waals surface area contributed by atoms with Crippen LogP contribution < -0.4 is 20.7 Å². The molecule has 0 radical (unpaired) electrons. The topological polar surface area (TPSA) is 96.5 Å². The van der Waals surface area contributed by atoms with Crippen LogP contribution in [0, 0.1) is 0 Å². The highest BCUT2D eigenvalue weighted by atomic mass is 16.5. The van der Waals surface area contributed by atoms with Gasteiger partial charge in [0.25, 0.3) is 17.7 Å². The molecule has 1 aliphatic rings. The second-order valence-electron chi connectivity index (χ2n) is 8.15. The number of carbonyl (C=O) groups is 3. The van der Waals surface area contributed by atoms with Gasteiger partial charge in [0.2, 0.25) is 0 Å². The van der Waals surface area contributed by atoms with Gasteiger partial charge >= 0.3 is 0 Å². The van der Waals surface area contributed by atoms with Crippen molar-refractivity contribution in [3.63, 3.8) is 0 Å². The number of nitrogens with one attached hydrogen (secondary N) is 3. The standard InChI is InChI=1S/C27H27N3O4/c31-25(30-23-16-8-6-14-21(23)26(32)28-20-12-4-5-13-20)18-34-24-17-9-7-15-22(24)27(33)29-19-10-2-1-3-11-19/h1-3,6-11,14-17,20H,4-5,12-13,18H2,(H,28,32)(H,29,33)(H,30,31). The highest BCUT2D eigenvalue weighted by Crippen LogP contribution is 2.22. The molecule has 3 amide bonds. The van der Waals surface area contributed by atoms with E-state index in [0.717, 1.165) is 25.7 Å². The van der Waals surface area contributed by atoms with Crippen molar-refractivity contribution in [3.8, 4) is 5.75 Å². The van der Waals surface area contributed by atoms with E-state index in [-0.39, 0.29) is 24.5 Å². The number of hydrogen-bond acceptors (Lipinski definition) is 4. The summed E-state index contributed by atoms with van der Waals surface area (Å²) >= 11 is 0. The van der Waals surface area contributed by atoms with E-state index < -0.39 is 5.91 Å². The number of anilines is 2. The van der Waals surface area contributed by atoms with Crippen molar-refractivity contribution in [2.24, 2.45) is 0 Å². The summed E-state index contributed by atoms with van der Waals surface area (Å²) in [6, 6.07) is 22.9. The van der Waals surface area contributed by atoms with E-state index in [2.05, 4.69) is 16.0 Å².